The highest BCUT2D eigenvalue weighted by atomic mass is 32.1. The van der Waals surface area contributed by atoms with Crippen molar-refractivity contribution < 1.29 is 4.74 Å². The van der Waals surface area contributed by atoms with Gasteiger partial charge in [0.1, 0.15) is 16.5 Å². The first-order valence-electron chi connectivity index (χ1n) is 7.88. The Morgan fingerprint density at radius 2 is 1.95 bits per heavy atom. The number of aromatic nitrogens is 2. The van der Waals surface area contributed by atoms with E-state index in [1.807, 2.05) is 0 Å². The van der Waals surface area contributed by atoms with Crippen molar-refractivity contribution in [3.8, 4) is 0 Å². The SMILES string of the molecule is Cc1sc2nc(CN3CCOCC3)nc(NC(C)C)c2c1C. The fraction of sp³-hybridized carbons (Fsp3) is 0.625. The molecule has 120 valence electrons. The number of nitrogens with one attached hydrogen (secondary N) is 1. The van der Waals surface area contributed by atoms with Crippen LogP contribution in [0, 0.1) is 13.8 Å². The van der Waals surface area contributed by atoms with Gasteiger partial charge in [-0.05, 0) is 33.3 Å². The molecule has 3 heterocycles. The minimum atomic E-state index is 0.356. The van der Waals surface area contributed by atoms with Gasteiger partial charge in [-0.2, -0.15) is 0 Å². The van der Waals surface area contributed by atoms with E-state index in [1.165, 1.54) is 15.8 Å². The van der Waals surface area contributed by atoms with E-state index in [2.05, 4.69) is 37.9 Å². The summed E-state index contributed by atoms with van der Waals surface area (Å²) in [7, 11) is 0. The molecule has 22 heavy (non-hydrogen) atoms. The molecule has 1 aliphatic rings. The molecule has 1 saturated heterocycles. The Hall–Kier alpha value is -1.24. The molecule has 1 N–H and O–H groups in total. The van der Waals surface area contributed by atoms with Gasteiger partial charge in [-0.15, -0.1) is 11.3 Å². The number of hydrogen-bond donors (Lipinski definition) is 1. The quantitative estimate of drug-likeness (QED) is 0.938. The van der Waals surface area contributed by atoms with Crippen molar-refractivity contribution in [3.63, 3.8) is 0 Å². The topological polar surface area (TPSA) is 50.3 Å². The van der Waals surface area contributed by atoms with Gasteiger partial charge in [0.25, 0.3) is 0 Å². The molecule has 0 unspecified atom stereocenters. The minimum Gasteiger partial charge on any atom is -0.379 e. The van der Waals surface area contributed by atoms with Crippen LogP contribution in [-0.4, -0.2) is 47.2 Å². The average Bonchev–Trinajstić information content (AvgIpc) is 2.74. The van der Waals surface area contributed by atoms with Crippen LogP contribution in [0.3, 0.4) is 0 Å². The number of anilines is 1. The van der Waals surface area contributed by atoms with Crippen LogP contribution < -0.4 is 5.32 Å². The van der Waals surface area contributed by atoms with Crippen molar-refractivity contribution in [2.75, 3.05) is 31.6 Å². The van der Waals surface area contributed by atoms with E-state index in [9.17, 15) is 0 Å². The van der Waals surface area contributed by atoms with Crippen LogP contribution in [0.2, 0.25) is 0 Å². The van der Waals surface area contributed by atoms with Crippen molar-refractivity contribution >= 4 is 27.4 Å². The summed E-state index contributed by atoms with van der Waals surface area (Å²) in [6.07, 6.45) is 0. The van der Waals surface area contributed by atoms with Gasteiger partial charge in [-0.3, -0.25) is 4.90 Å². The number of rotatable bonds is 4. The lowest BCUT2D eigenvalue weighted by molar-refractivity contribution is 0.0331. The third kappa shape index (κ3) is 3.24. The molecular weight excluding hydrogens is 296 g/mol. The number of nitrogens with zero attached hydrogens (tertiary/aromatic N) is 3. The fourth-order valence-corrected chi connectivity index (χ4v) is 3.75. The molecule has 3 rings (SSSR count). The number of morpholine rings is 1. The van der Waals surface area contributed by atoms with Crippen LogP contribution in [0.25, 0.3) is 10.2 Å². The first-order valence-corrected chi connectivity index (χ1v) is 8.69. The Balaban J connectivity index is 1.96. The van der Waals surface area contributed by atoms with Gasteiger partial charge in [0.05, 0.1) is 25.1 Å². The lowest BCUT2D eigenvalue weighted by Gasteiger charge is -2.26. The van der Waals surface area contributed by atoms with Crippen LogP contribution in [0.5, 0.6) is 0 Å². The molecule has 2 aromatic rings. The number of hydrogen-bond acceptors (Lipinski definition) is 6. The van der Waals surface area contributed by atoms with Gasteiger partial charge in [0, 0.05) is 24.0 Å². The molecule has 0 spiro atoms. The van der Waals surface area contributed by atoms with Gasteiger partial charge < -0.3 is 10.1 Å². The first kappa shape index (κ1) is 15.6. The van der Waals surface area contributed by atoms with Gasteiger partial charge >= 0.3 is 0 Å². The maximum Gasteiger partial charge on any atom is 0.146 e. The molecule has 0 radical (unpaired) electrons. The zero-order chi connectivity index (χ0) is 15.7. The monoisotopic (exact) mass is 320 g/mol. The van der Waals surface area contributed by atoms with Crippen LogP contribution in [0.4, 0.5) is 5.82 Å². The number of fused-ring (bicyclic) bond motifs is 1. The molecule has 6 heteroatoms. The van der Waals surface area contributed by atoms with Crippen LogP contribution in [0.1, 0.15) is 30.1 Å². The molecule has 0 aliphatic carbocycles. The van der Waals surface area contributed by atoms with Crippen LogP contribution in [-0.2, 0) is 11.3 Å². The van der Waals surface area contributed by atoms with Crippen molar-refractivity contribution in [3.05, 3.63) is 16.3 Å². The fourth-order valence-electron chi connectivity index (χ4n) is 2.70. The van der Waals surface area contributed by atoms with Gasteiger partial charge in [0.15, 0.2) is 0 Å². The standard InChI is InChI=1S/C16H24N4OS/c1-10(2)17-15-14-11(3)12(4)22-16(14)19-13(18-15)9-20-5-7-21-8-6-20/h10H,5-9H2,1-4H3,(H,17,18,19). The number of aryl methyl sites for hydroxylation is 2. The average molecular weight is 320 g/mol. The van der Waals surface area contributed by atoms with E-state index < -0.39 is 0 Å². The Morgan fingerprint density at radius 1 is 1.23 bits per heavy atom. The summed E-state index contributed by atoms with van der Waals surface area (Å²) in [6.45, 7) is 12.9. The second kappa shape index (κ2) is 6.48. The number of thiophene rings is 1. The Labute approximate surface area is 135 Å². The largest absolute Gasteiger partial charge is 0.379 e. The Bertz CT molecular complexity index is 662. The summed E-state index contributed by atoms with van der Waals surface area (Å²) in [6, 6.07) is 0.356. The van der Waals surface area contributed by atoms with Gasteiger partial charge in [-0.1, -0.05) is 0 Å². The van der Waals surface area contributed by atoms with Crippen molar-refractivity contribution in [1.82, 2.24) is 14.9 Å². The number of ether oxygens (including phenoxy) is 1. The molecule has 0 atom stereocenters. The lowest BCUT2D eigenvalue weighted by Crippen LogP contribution is -2.36. The third-order valence-corrected chi connectivity index (χ3v) is 5.07. The van der Waals surface area contributed by atoms with Gasteiger partial charge in [0.2, 0.25) is 0 Å². The second-order valence-corrected chi connectivity index (χ2v) is 7.34. The van der Waals surface area contributed by atoms with Crippen LogP contribution >= 0.6 is 11.3 Å². The van der Waals surface area contributed by atoms with E-state index in [0.717, 1.165) is 49.3 Å². The van der Waals surface area contributed by atoms with Crippen LogP contribution in [0.15, 0.2) is 0 Å². The second-order valence-electron chi connectivity index (χ2n) is 6.14. The third-order valence-electron chi connectivity index (χ3n) is 3.97. The van der Waals surface area contributed by atoms with Gasteiger partial charge in [-0.25, -0.2) is 9.97 Å². The molecular formula is C16H24N4OS. The Morgan fingerprint density at radius 3 is 2.64 bits per heavy atom. The van der Waals surface area contributed by atoms with E-state index in [4.69, 9.17) is 14.7 Å². The predicted molar refractivity (Wildman–Crippen MR) is 91.7 cm³/mol. The van der Waals surface area contributed by atoms with E-state index in [-0.39, 0.29) is 0 Å². The molecule has 2 aromatic heterocycles. The highest BCUT2D eigenvalue weighted by Crippen LogP contribution is 2.33. The highest BCUT2D eigenvalue weighted by Gasteiger charge is 2.17. The summed E-state index contributed by atoms with van der Waals surface area (Å²) in [5.74, 6) is 1.88. The molecule has 0 saturated carbocycles. The van der Waals surface area contributed by atoms with E-state index in [1.54, 1.807) is 11.3 Å². The summed E-state index contributed by atoms with van der Waals surface area (Å²) < 4.78 is 5.41. The van der Waals surface area contributed by atoms with Crippen molar-refractivity contribution in [2.45, 2.75) is 40.3 Å². The first-order chi connectivity index (χ1) is 10.5. The zero-order valence-electron chi connectivity index (χ0n) is 13.8. The van der Waals surface area contributed by atoms with E-state index in [0.29, 0.717) is 6.04 Å². The smallest absolute Gasteiger partial charge is 0.146 e. The summed E-state index contributed by atoms with van der Waals surface area (Å²) >= 11 is 1.76. The highest BCUT2D eigenvalue weighted by molar-refractivity contribution is 7.18. The Kier molecular flexibility index (Phi) is 4.61. The molecule has 5 nitrogen and oxygen atoms in total. The molecule has 0 bridgehead atoms. The van der Waals surface area contributed by atoms with E-state index >= 15 is 0 Å². The molecule has 1 aliphatic heterocycles. The molecule has 0 aromatic carbocycles. The summed E-state index contributed by atoms with van der Waals surface area (Å²) in [5, 5.41) is 4.67. The zero-order valence-corrected chi connectivity index (χ0v) is 14.6. The summed E-state index contributed by atoms with van der Waals surface area (Å²) in [4.78, 5) is 14.4. The maximum atomic E-state index is 5.41. The van der Waals surface area contributed by atoms with Crippen molar-refractivity contribution in [2.24, 2.45) is 0 Å². The predicted octanol–water partition coefficient (Wildman–Crippen LogP) is 2.96. The minimum absolute atomic E-state index is 0.356. The lowest BCUT2D eigenvalue weighted by atomic mass is 10.2. The molecule has 1 fully saturated rings. The maximum absolute atomic E-state index is 5.41. The van der Waals surface area contributed by atoms with Crippen molar-refractivity contribution in [1.29, 1.82) is 0 Å². The normalized spacial score (nSPS) is 16.6. The molecule has 0 amide bonds. The summed E-state index contributed by atoms with van der Waals surface area (Å²) in [5.41, 5.74) is 1.29.